The SMILES string of the molecule is O=C(O)OC1=Cc2cc(Br)cc(F)c2OC1C(F)(F)F. The fourth-order valence-electron chi connectivity index (χ4n) is 1.63. The lowest BCUT2D eigenvalue weighted by Crippen LogP contribution is -2.39. The summed E-state index contributed by atoms with van der Waals surface area (Å²) in [6.07, 6.45) is -8.77. The first-order valence-corrected chi connectivity index (χ1v) is 5.82. The smallest absolute Gasteiger partial charge is 0.469 e. The van der Waals surface area contributed by atoms with Gasteiger partial charge in [-0.25, -0.2) is 9.18 Å². The van der Waals surface area contributed by atoms with Crippen molar-refractivity contribution in [1.82, 2.24) is 0 Å². The second-order valence-electron chi connectivity index (χ2n) is 3.76. The van der Waals surface area contributed by atoms with E-state index in [0.717, 1.165) is 12.1 Å². The first-order valence-electron chi connectivity index (χ1n) is 5.03. The van der Waals surface area contributed by atoms with Gasteiger partial charge in [0.2, 0.25) is 0 Å². The van der Waals surface area contributed by atoms with Crippen LogP contribution in [-0.2, 0) is 4.74 Å². The van der Waals surface area contributed by atoms with Gasteiger partial charge in [0.25, 0.3) is 6.10 Å². The average Bonchev–Trinajstić information content (AvgIpc) is 2.25. The predicted octanol–water partition coefficient (Wildman–Crippen LogP) is 3.95. The van der Waals surface area contributed by atoms with Gasteiger partial charge in [0, 0.05) is 10.0 Å². The number of carbonyl (C=O) groups is 1. The van der Waals surface area contributed by atoms with E-state index in [1.807, 2.05) is 0 Å². The van der Waals surface area contributed by atoms with Crippen molar-refractivity contribution in [2.45, 2.75) is 12.3 Å². The van der Waals surface area contributed by atoms with Gasteiger partial charge in [0.15, 0.2) is 17.3 Å². The minimum atomic E-state index is -4.95. The first-order chi connectivity index (χ1) is 9.18. The Hall–Kier alpha value is -1.77. The average molecular weight is 357 g/mol. The van der Waals surface area contributed by atoms with Crippen LogP contribution in [0.25, 0.3) is 6.08 Å². The maximum absolute atomic E-state index is 13.6. The minimum Gasteiger partial charge on any atom is -0.469 e. The third kappa shape index (κ3) is 2.87. The number of hydrogen-bond donors (Lipinski definition) is 1. The molecule has 0 fully saturated rings. The normalized spacial score (nSPS) is 17.9. The summed E-state index contributed by atoms with van der Waals surface area (Å²) in [5, 5.41) is 8.44. The molecule has 1 atom stereocenters. The van der Waals surface area contributed by atoms with E-state index >= 15 is 0 Å². The monoisotopic (exact) mass is 356 g/mol. The summed E-state index contributed by atoms with van der Waals surface area (Å²) in [5.74, 6) is -2.60. The molecule has 0 saturated heterocycles. The third-order valence-corrected chi connectivity index (χ3v) is 2.79. The second kappa shape index (κ2) is 4.97. The summed E-state index contributed by atoms with van der Waals surface area (Å²) >= 11 is 2.96. The lowest BCUT2D eigenvalue weighted by atomic mass is 10.1. The fourth-order valence-corrected chi connectivity index (χ4v) is 2.08. The summed E-state index contributed by atoms with van der Waals surface area (Å²) in [6, 6.07) is 2.21. The molecule has 0 saturated carbocycles. The van der Waals surface area contributed by atoms with Crippen molar-refractivity contribution in [3.63, 3.8) is 0 Å². The molecule has 0 aliphatic carbocycles. The Morgan fingerprint density at radius 1 is 1.40 bits per heavy atom. The number of ether oxygens (including phenoxy) is 2. The highest BCUT2D eigenvalue weighted by atomic mass is 79.9. The van der Waals surface area contributed by atoms with Crippen LogP contribution in [-0.4, -0.2) is 23.5 Å². The summed E-state index contributed by atoms with van der Waals surface area (Å²) < 4.78 is 60.7. The van der Waals surface area contributed by atoms with Gasteiger partial charge in [-0.05, 0) is 18.2 Å². The number of benzene rings is 1. The zero-order valence-electron chi connectivity index (χ0n) is 9.37. The van der Waals surface area contributed by atoms with Gasteiger partial charge >= 0.3 is 12.3 Å². The molecular formula is C11H5BrF4O4. The van der Waals surface area contributed by atoms with Crippen LogP contribution in [0.4, 0.5) is 22.4 Å². The predicted molar refractivity (Wildman–Crippen MR) is 61.7 cm³/mol. The Labute approximate surface area is 117 Å². The Bertz CT molecular complexity index is 597. The molecule has 4 nitrogen and oxygen atoms in total. The molecule has 9 heteroatoms. The molecule has 0 bridgehead atoms. The van der Waals surface area contributed by atoms with E-state index in [-0.39, 0.29) is 10.0 Å². The van der Waals surface area contributed by atoms with Crippen LogP contribution in [0.3, 0.4) is 0 Å². The lowest BCUT2D eigenvalue weighted by molar-refractivity contribution is -0.192. The van der Waals surface area contributed by atoms with E-state index in [4.69, 9.17) is 5.11 Å². The highest BCUT2D eigenvalue weighted by Gasteiger charge is 2.48. The molecule has 20 heavy (non-hydrogen) atoms. The van der Waals surface area contributed by atoms with Gasteiger partial charge in [-0.1, -0.05) is 15.9 Å². The molecule has 1 aliphatic heterocycles. The molecule has 1 N–H and O–H groups in total. The highest BCUT2D eigenvalue weighted by Crippen LogP contribution is 2.40. The molecule has 108 valence electrons. The minimum absolute atomic E-state index is 0.0615. The van der Waals surface area contributed by atoms with Crippen LogP contribution in [0.2, 0.25) is 0 Å². The molecule has 0 amide bonds. The van der Waals surface area contributed by atoms with Gasteiger partial charge < -0.3 is 14.6 Å². The van der Waals surface area contributed by atoms with Crippen LogP contribution in [0, 0.1) is 5.82 Å². The number of carboxylic acid groups (broad SMARTS) is 1. The number of fused-ring (bicyclic) bond motifs is 1. The summed E-state index contributed by atoms with van der Waals surface area (Å²) in [5.41, 5.74) is -0.0615. The standard InChI is InChI=1S/C11H5BrF4O4/c12-5-1-4-2-7(19-10(17)18)9(11(14,15)16)20-8(4)6(13)3-5/h1-3,9H,(H,17,18). The van der Waals surface area contributed by atoms with Crippen LogP contribution >= 0.6 is 15.9 Å². The number of alkyl halides is 3. The van der Waals surface area contributed by atoms with Crippen molar-refractivity contribution >= 4 is 28.2 Å². The molecule has 0 aromatic heterocycles. The quantitative estimate of drug-likeness (QED) is 0.611. The molecule has 1 aromatic rings. The Kier molecular flexibility index (Phi) is 3.63. The Balaban J connectivity index is 2.53. The zero-order chi connectivity index (χ0) is 15.1. The topological polar surface area (TPSA) is 55.8 Å². The van der Waals surface area contributed by atoms with Crippen LogP contribution in [0.5, 0.6) is 5.75 Å². The molecule has 1 unspecified atom stereocenters. The van der Waals surface area contributed by atoms with E-state index in [2.05, 4.69) is 25.4 Å². The third-order valence-electron chi connectivity index (χ3n) is 2.33. The summed E-state index contributed by atoms with van der Waals surface area (Å²) in [4.78, 5) is 10.4. The Morgan fingerprint density at radius 3 is 2.60 bits per heavy atom. The maximum atomic E-state index is 13.6. The van der Waals surface area contributed by atoms with Crippen LogP contribution < -0.4 is 4.74 Å². The van der Waals surface area contributed by atoms with Crippen molar-refractivity contribution in [2.24, 2.45) is 0 Å². The van der Waals surface area contributed by atoms with Crippen molar-refractivity contribution in [1.29, 1.82) is 0 Å². The molecule has 0 spiro atoms. The van der Waals surface area contributed by atoms with Crippen LogP contribution in [0.15, 0.2) is 22.4 Å². The van der Waals surface area contributed by atoms with Gasteiger partial charge in [-0.3, -0.25) is 0 Å². The highest BCUT2D eigenvalue weighted by molar-refractivity contribution is 9.10. The summed E-state index contributed by atoms with van der Waals surface area (Å²) in [7, 11) is 0. The van der Waals surface area contributed by atoms with Crippen molar-refractivity contribution < 1.29 is 36.9 Å². The molecular weight excluding hydrogens is 352 g/mol. The largest absolute Gasteiger partial charge is 0.511 e. The molecule has 1 aromatic carbocycles. The van der Waals surface area contributed by atoms with Crippen molar-refractivity contribution in [3.05, 3.63) is 33.7 Å². The molecule has 1 aliphatic rings. The van der Waals surface area contributed by atoms with Crippen LogP contribution in [0.1, 0.15) is 5.56 Å². The van der Waals surface area contributed by atoms with Gasteiger partial charge in [0.1, 0.15) is 0 Å². The number of hydrogen-bond acceptors (Lipinski definition) is 3. The number of halogens is 5. The summed E-state index contributed by atoms with van der Waals surface area (Å²) in [6.45, 7) is 0. The molecule has 0 radical (unpaired) electrons. The first kappa shape index (κ1) is 14.6. The zero-order valence-corrected chi connectivity index (χ0v) is 11.0. The van der Waals surface area contributed by atoms with Gasteiger partial charge in [-0.15, -0.1) is 0 Å². The van der Waals surface area contributed by atoms with Crippen molar-refractivity contribution in [2.75, 3.05) is 0 Å². The van der Waals surface area contributed by atoms with E-state index < -0.39 is 35.8 Å². The lowest BCUT2D eigenvalue weighted by Gasteiger charge is -2.27. The van der Waals surface area contributed by atoms with Gasteiger partial charge in [-0.2, -0.15) is 13.2 Å². The second-order valence-corrected chi connectivity index (χ2v) is 4.68. The molecule has 2 rings (SSSR count). The van der Waals surface area contributed by atoms with Crippen molar-refractivity contribution in [3.8, 4) is 5.75 Å². The fraction of sp³-hybridized carbons (Fsp3) is 0.182. The Morgan fingerprint density at radius 2 is 2.05 bits per heavy atom. The van der Waals surface area contributed by atoms with E-state index in [1.165, 1.54) is 6.07 Å². The van der Waals surface area contributed by atoms with Gasteiger partial charge in [0.05, 0.1) is 0 Å². The van der Waals surface area contributed by atoms with E-state index in [1.54, 1.807) is 0 Å². The van der Waals surface area contributed by atoms with E-state index in [0.29, 0.717) is 0 Å². The molecule has 1 heterocycles. The maximum Gasteiger partial charge on any atom is 0.511 e. The van der Waals surface area contributed by atoms with E-state index in [9.17, 15) is 22.4 Å². The number of rotatable bonds is 1.